The fourth-order valence-electron chi connectivity index (χ4n) is 0.687. The highest BCUT2D eigenvalue weighted by Gasteiger charge is 2.14. The normalized spacial score (nSPS) is 18.3. The van der Waals surface area contributed by atoms with Gasteiger partial charge in [0.1, 0.15) is 0 Å². The van der Waals surface area contributed by atoms with Crippen molar-refractivity contribution in [2.24, 2.45) is 0 Å². The summed E-state index contributed by atoms with van der Waals surface area (Å²) < 4.78 is 5.42. The Hall–Kier alpha value is -0.340. The lowest BCUT2D eigenvalue weighted by Gasteiger charge is -2.19. The average Bonchev–Trinajstić information content (AvgIpc) is 2.04. The second-order valence-electron chi connectivity index (χ2n) is 3.40. The molecular weight excluding hydrogens is 152 g/mol. The minimum atomic E-state index is -0.784. The van der Waals surface area contributed by atoms with Gasteiger partial charge in [0.25, 0.3) is 0 Å². The summed E-state index contributed by atoms with van der Waals surface area (Å²) in [6, 6.07) is 0. The average molecular weight is 172 g/mol. The van der Waals surface area contributed by atoms with Crippen molar-refractivity contribution < 1.29 is 9.84 Å². The van der Waals surface area contributed by atoms with Crippen molar-refractivity contribution in [1.82, 2.24) is 0 Å². The third kappa shape index (κ3) is 5.33. The molecule has 72 valence electrons. The van der Waals surface area contributed by atoms with Crippen LogP contribution in [0.3, 0.4) is 0 Å². The third-order valence-corrected chi connectivity index (χ3v) is 2.03. The van der Waals surface area contributed by atoms with Gasteiger partial charge in [-0.3, -0.25) is 0 Å². The largest absolute Gasteiger partial charge is 0.386 e. The first-order chi connectivity index (χ1) is 5.52. The van der Waals surface area contributed by atoms with E-state index in [-0.39, 0.29) is 6.10 Å². The van der Waals surface area contributed by atoms with Crippen LogP contribution in [0.4, 0.5) is 0 Å². The molecule has 0 amide bonds. The Labute approximate surface area is 75.2 Å². The molecule has 1 N–H and O–H groups in total. The Balaban J connectivity index is 3.49. The van der Waals surface area contributed by atoms with Gasteiger partial charge in [0, 0.05) is 13.0 Å². The monoisotopic (exact) mass is 172 g/mol. The minimum absolute atomic E-state index is 0.283. The number of hydrogen-bond acceptors (Lipinski definition) is 2. The SMILES string of the molecule is C=CC(C)(O)CCOC(C)CC. The van der Waals surface area contributed by atoms with Gasteiger partial charge in [-0.15, -0.1) is 6.58 Å². The van der Waals surface area contributed by atoms with E-state index in [1.807, 2.05) is 6.92 Å². The van der Waals surface area contributed by atoms with E-state index in [4.69, 9.17) is 4.74 Å². The fraction of sp³-hybridized carbons (Fsp3) is 0.800. The van der Waals surface area contributed by atoms with Crippen LogP contribution in [-0.4, -0.2) is 23.4 Å². The fourth-order valence-corrected chi connectivity index (χ4v) is 0.687. The molecule has 2 heteroatoms. The Kier molecular flexibility index (Phi) is 5.18. The second-order valence-corrected chi connectivity index (χ2v) is 3.40. The van der Waals surface area contributed by atoms with Gasteiger partial charge < -0.3 is 9.84 Å². The quantitative estimate of drug-likeness (QED) is 0.622. The van der Waals surface area contributed by atoms with Crippen molar-refractivity contribution in [1.29, 1.82) is 0 Å². The topological polar surface area (TPSA) is 29.5 Å². The van der Waals surface area contributed by atoms with E-state index in [0.29, 0.717) is 13.0 Å². The lowest BCUT2D eigenvalue weighted by Crippen LogP contribution is -2.23. The summed E-state index contributed by atoms with van der Waals surface area (Å²) >= 11 is 0. The molecule has 2 nitrogen and oxygen atoms in total. The van der Waals surface area contributed by atoms with Crippen molar-refractivity contribution in [2.75, 3.05) is 6.61 Å². The van der Waals surface area contributed by atoms with Crippen LogP contribution >= 0.6 is 0 Å². The molecule has 2 atom stereocenters. The maximum Gasteiger partial charge on any atom is 0.0819 e. The third-order valence-electron chi connectivity index (χ3n) is 2.03. The van der Waals surface area contributed by atoms with Crippen LogP contribution in [-0.2, 0) is 4.74 Å². The molecule has 0 bridgehead atoms. The number of rotatable bonds is 6. The molecule has 0 rings (SSSR count). The predicted molar refractivity (Wildman–Crippen MR) is 51.1 cm³/mol. The first-order valence-corrected chi connectivity index (χ1v) is 4.49. The van der Waals surface area contributed by atoms with Gasteiger partial charge in [0.05, 0.1) is 11.7 Å². The van der Waals surface area contributed by atoms with Crippen LogP contribution in [0.25, 0.3) is 0 Å². The molecule has 0 spiro atoms. The van der Waals surface area contributed by atoms with E-state index in [1.54, 1.807) is 13.0 Å². The van der Waals surface area contributed by atoms with E-state index in [9.17, 15) is 5.11 Å². The number of ether oxygens (including phenoxy) is 1. The summed E-state index contributed by atoms with van der Waals surface area (Å²) in [5.41, 5.74) is -0.784. The predicted octanol–water partition coefficient (Wildman–Crippen LogP) is 2.13. The molecule has 0 saturated carbocycles. The number of hydrogen-bond donors (Lipinski definition) is 1. The molecule has 0 fully saturated rings. The van der Waals surface area contributed by atoms with Gasteiger partial charge in [-0.05, 0) is 20.3 Å². The van der Waals surface area contributed by atoms with Crippen LogP contribution in [0.5, 0.6) is 0 Å². The summed E-state index contributed by atoms with van der Waals surface area (Å²) in [5.74, 6) is 0. The maximum absolute atomic E-state index is 9.51. The molecule has 0 heterocycles. The lowest BCUT2D eigenvalue weighted by molar-refractivity contribution is 0.0167. The smallest absolute Gasteiger partial charge is 0.0819 e. The van der Waals surface area contributed by atoms with Crippen molar-refractivity contribution in [3.05, 3.63) is 12.7 Å². The second kappa shape index (κ2) is 5.33. The zero-order valence-electron chi connectivity index (χ0n) is 8.34. The van der Waals surface area contributed by atoms with Crippen LogP contribution < -0.4 is 0 Å². The summed E-state index contributed by atoms with van der Waals surface area (Å²) in [7, 11) is 0. The lowest BCUT2D eigenvalue weighted by atomic mass is 10.0. The van der Waals surface area contributed by atoms with Gasteiger partial charge in [-0.2, -0.15) is 0 Å². The van der Waals surface area contributed by atoms with Crippen LogP contribution in [0, 0.1) is 0 Å². The molecule has 0 aliphatic heterocycles. The molecule has 0 aromatic heterocycles. The molecule has 0 aromatic rings. The Morgan fingerprint density at radius 3 is 2.67 bits per heavy atom. The molecule has 2 unspecified atom stereocenters. The van der Waals surface area contributed by atoms with Gasteiger partial charge >= 0.3 is 0 Å². The highest BCUT2D eigenvalue weighted by Crippen LogP contribution is 2.10. The van der Waals surface area contributed by atoms with Crippen LogP contribution in [0.1, 0.15) is 33.6 Å². The highest BCUT2D eigenvalue weighted by molar-refractivity contribution is 4.91. The number of aliphatic hydroxyl groups is 1. The molecule has 0 aliphatic rings. The minimum Gasteiger partial charge on any atom is -0.386 e. The van der Waals surface area contributed by atoms with E-state index < -0.39 is 5.60 Å². The first kappa shape index (κ1) is 11.7. The Bertz CT molecular complexity index is 130. The van der Waals surface area contributed by atoms with Crippen LogP contribution in [0.15, 0.2) is 12.7 Å². The zero-order valence-corrected chi connectivity index (χ0v) is 8.34. The summed E-state index contributed by atoms with van der Waals surface area (Å²) in [6.45, 7) is 9.98. The standard InChI is InChI=1S/C10H20O2/c1-5-9(3)12-8-7-10(4,11)6-2/h6,9,11H,2,5,7-8H2,1,3-4H3. The van der Waals surface area contributed by atoms with Gasteiger partial charge in [0.2, 0.25) is 0 Å². The Morgan fingerprint density at radius 1 is 1.67 bits per heavy atom. The van der Waals surface area contributed by atoms with Crippen LogP contribution in [0.2, 0.25) is 0 Å². The van der Waals surface area contributed by atoms with Gasteiger partial charge in [-0.1, -0.05) is 13.0 Å². The molecule has 0 aliphatic carbocycles. The molecular formula is C10H20O2. The van der Waals surface area contributed by atoms with Crippen molar-refractivity contribution >= 4 is 0 Å². The van der Waals surface area contributed by atoms with E-state index in [0.717, 1.165) is 6.42 Å². The van der Waals surface area contributed by atoms with Crippen molar-refractivity contribution in [3.63, 3.8) is 0 Å². The molecule has 0 aromatic carbocycles. The van der Waals surface area contributed by atoms with Crippen molar-refractivity contribution in [3.8, 4) is 0 Å². The van der Waals surface area contributed by atoms with E-state index in [1.165, 1.54) is 0 Å². The zero-order chi connectivity index (χ0) is 9.61. The molecule has 12 heavy (non-hydrogen) atoms. The van der Waals surface area contributed by atoms with E-state index >= 15 is 0 Å². The van der Waals surface area contributed by atoms with Crippen molar-refractivity contribution in [2.45, 2.75) is 45.3 Å². The van der Waals surface area contributed by atoms with Gasteiger partial charge in [0.15, 0.2) is 0 Å². The molecule has 0 saturated heterocycles. The Morgan fingerprint density at radius 2 is 2.25 bits per heavy atom. The van der Waals surface area contributed by atoms with Gasteiger partial charge in [-0.25, -0.2) is 0 Å². The summed E-state index contributed by atoms with van der Waals surface area (Å²) in [6.07, 6.45) is 3.45. The maximum atomic E-state index is 9.51. The summed E-state index contributed by atoms with van der Waals surface area (Å²) in [4.78, 5) is 0. The van der Waals surface area contributed by atoms with E-state index in [2.05, 4.69) is 13.5 Å². The highest BCUT2D eigenvalue weighted by atomic mass is 16.5. The first-order valence-electron chi connectivity index (χ1n) is 4.49. The molecule has 0 radical (unpaired) electrons. The summed E-state index contributed by atoms with van der Waals surface area (Å²) in [5, 5.41) is 9.51.